The zero-order valence-electron chi connectivity index (χ0n) is 26.6. The van der Waals surface area contributed by atoms with Gasteiger partial charge in [-0.25, -0.2) is 4.79 Å². The van der Waals surface area contributed by atoms with Crippen molar-refractivity contribution in [2.75, 3.05) is 11.9 Å². The molecule has 2 fully saturated rings. The number of aliphatic hydroxyl groups is 3. The molecule has 4 N–H and O–H groups in total. The Morgan fingerprint density at radius 2 is 1.71 bits per heavy atom. The number of halogens is 6. The van der Waals surface area contributed by atoms with E-state index in [-0.39, 0.29) is 35.2 Å². The maximum atomic E-state index is 14.0. The molecule has 12 nitrogen and oxygen atoms in total. The number of ether oxygens (including phenoxy) is 5. The smallest absolute Gasteiger partial charge is 0.459 e. The first-order valence-electron chi connectivity index (χ1n) is 15.6. The maximum absolute atomic E-state index is 14.0. The molecule has 1 aliphatic carbocycles. The third-order valence-electron chi connectivity index (χ3n) is 8.73. The van der Waals surface area contributed by atoms with Gasteiger partial charge < -0.3 is 44.3 Å². The van der Waals surface area contributed by atoms with Crippen molar-refractivity contribution in [3.63, 3.8) is 0 Å². The van der Waals surface area contributed by atoms with Crippen LogP contribution in [0.3, 0.4) is 0 Å². The maximum Gasteiger partial charge on any atom is 0.586 e. The number of anilines is 1. The lowest BCUT2D eigenvalue weighted by molar-refractivity contribution is -0.287. The fourth-order valence-corrected chi connectivity index (χ4v) is 6.04. The summed E-state index contributed by atoms with van der Waals surface area (Å²) < 4.78 is 93.2. The van der Waals surface area contributed by atoms with Crippen LogP contribution in [-0.4, -0.2) is 82.9 Å². The molecule has 2 aliphatic heterocycles. The van der Waals surface area contributed by atoms with Gasteiger partial charge >= 0.3 is 24.4 Å². The minimum atomic E-state index is -4.89. The number of hydrogen-bond donors (Lipinski definition) is 4. The topological polar surface area (TPSA) is 170 Å². The van der Waals surface area contributed by atoms with E-state index in [1.165, 1.54) is 18.2 Å². The van der Waals surface area contributed by atoms with Crippen LogP contribution < -0.4 is 14.8 Å². The summed E-state index contributed by atoms with van der Waals surface area (Å²) in [5.74, 6) is -9.09. The summed E-state index contributed by atoms with van der Waals surface area (Å²) in [6.07, 6.45) is -16.1. The van der Waals surface area contributed by atoms with Crippen LogP contribution in [-0.2, 0) is 28.6 Å². The molecule has 1 saturated heterocycles. The van der Waals surface area contributed by atoms with Crippen LogP contribution in [0.15, 0.2) is 49.1 Å². The average molecular weight is 750 g/mol. The lowest BCUT2D eigenvalue weighted by Crippen LogP contribution is -2.61. The molecule has 2 aromatic rings. The Balaban J connectivity index is 1.33. The zero-order chi connectivity index (χ0) is 37.4. The van der Waals surface area contributed by atoms with Gasteiger partial charge in [-0.2, -0.15) is 13.2 Å². The molecule has 2 heterocycles. The van der Waals surface area contributed by atoms with Gasteiger partial charge in [-0.15, -0.1) is 8.78 Å². The highest BCUT2D eigenvalue weighted by molar-refractivity contribution is 6.33. The van der Waals surface area contributed by atoms with Crippen molar-refractivity contribution in [1.82, 2.24) is 0 Å². The number of fused-ring (bicyclic) bond motifs is 1. The number of hydrogen-bond acceptors (Lipinski definition) is 11. The Bertz CT molecular complexity index is 1660. The summed E-state index contributed by atoms with van der Waals surface area (Å²) >= 11 is 6.34. The molecule has 1 saturated carbocycles. The number of amides is 1. The zero-order valence-corrected chi connectivity index (χ0v) is 27.4. The monoisotopic (exact) mass is 749 g/mol. The van der Waals surface area contributed by atoms with Gasteiger partial charge in [0.1, 0.15) is 24.9 Å². The number of carbonyl (C=O) groups is 3. The molecule has 0 bridgehead atoms. The number of carbonyl (C=O) groups excluding carboxylic acids is 3. The molecule has 0 aromatic heterocycles. The lowest BCUT2D eigenvalue weighted by Gasteiger charge is -2.38. The van der Waals surface area contributed by atoms with E-state index >= 15 is 0 Å². The number of aliphatic hydroxyl groups excluding tert-OH is 3. The van der Waals surface area contributed by atoms with Crippen LogP contribution in [0.1, 0.15) is 49.1 Å². The number of benzene rings is 2. The first-order chi connectivity index (χ1) is 23.9. The lowest BCUT2D eigenvalue weighted by atomic mass is 9.85. The number of alkyl halides is 5. The third kappa shape index (κ3) is 8.72. The van der Waals surface area contributed by atoms with Crippen LogP contribution in [0, 0.1) is 11.8 Å². The van der Waals surface area contributed by atoms with Crippen molar-refractivity contribution in [2.24, 2.45) is 11.8 Å². The average Bonchev–Trinajstić information content (AvgIpc) is 3.85. The summed E-state index contributed by atoms with van der Waals surface area (Å²) in [6.45, 7) is 3.90. The minimum Gasteiger partial charge on any atom is -0.459 e. The van der Waals surface area contributed by atoms with Crippen molar-refractivity contribution >= 4 is 35.1 Å². The highest BCUT2D eigenvalue weighted by Crippen LogP contribution is 2.47. The normalized spacial score (nSPS) is 25.6. The van der Waals surface area contributed by atoms with Crippen LogP contribution in [0.25, 0.3) is 0 Å². The molecular weight excluding hydrogens is 717 g/mol. The van der Waals surface area contributed by atoms with Crippen molar-refractivity contribution in [3.8, 4) is 11.5 Å². The predicted molar refractivity (Wildman–Crippen MR) is 165 cm³/mol. The van der Waals surface area contributed by atoms with E-state index in [1.807, 2.05) is 0 Å². The highest BCUT2D eigenvalue weighted by Gasteiger charge is 2.50. The summed E-state index contributed by atoms with van der Waals surface area (Å²) in [4.78, 5) is 39.0. The van der Waals surface area contributed by atoms with Gasteiger partial charge in [0.2, 0.25) is 12.2 Å². The minimum absolute atomic E-state index is 0.0615. The summed E-state index contributed by atoms with van der Waals surface area (Å²) in [7, 11) is 0. The Labute approximate surface area is 292 Å². The van der Waals surface area contributed by atoms with Crippen LogP contribution in [0.5, 0.6) is 11.5 Å². The fourth-order valence-electron chi connectivity index (χ4n) is 5.87. The van der Waals surface area contributed by atoms with Gasteiger partial charge in [0.15, 0.2) is 17.6 Å². The molecule has 2 aromatic carbocycles. The van der Waals surface area contributed by atoms with E-state index in [9.17, 15) is 51.7 Å². The van der Waals surface area contributed by atoms with E-state index < -0.39 is 90.3 Å². The van der Waals surface area contributed by atoms with E-state index in [2.05, 4.69) is 21.4 Å². The Morgan fingerprint density at radius 3 is 2.35 bits per heavy atom. The van der Waals surface area contributed by atoms with Crippen molar-refractivity contribution in [1.29, 1.82) is 0 Å². The molecule has 8 unspecified atom stereocenters. The second-order valence-electron chi connectivity index (χ2n) is 12.4. The molecular formula is C33H33ClF5NO11. The number of nitrogens with one attached hydrogen (secondary N) is 1. The summed E-state index contributed by atoms with van der Waals surface area (Å²) in [5, 5.41) is 33.2. The van der Waals surface area contributed by atoms with Gasteiger partial charge in [0, 0.05) is 0 Å². The van der Waals surface area contributed by atoms with Gasteiger partial charge in [-0.3, -0.25) is 9.59 Å². The quantitative estimate of drug-likeness (QED) is 0.137. The second-order valence-corrected chi connectivity index (χ2v) is 12.8. The van der Waals surface area contributed by atoms with E-state index in [1.54, 1.807) is 6.07 Å². The molecule has 18 heteroatoms. The molecule has 8 atom stereocenters. The molecule has 3 aliphatic rings. The van der Waals surface area contributed by atoms with E-state index in [4.69, 9.17) is 25.8 Å². The first kappa shape index (κ1) is 38.2. The van der Waals surface area contributed by atoms with Crippen molar-refractivity contribution < 1.29 is 75.3 Å². The molecule has 0 spiro atoms. The van der Waals surface area contributed by atoms with Crippen molar-refractivity contribution in [3.05, 3.63) is 65.2 Å². The van der Waals surface area contributed by atoms with Gasteiger partial charge in [0.05, 0.1) is 29.0 Å². The fraction of sp³-hybridized carbons (Fsp3) is 0.485. The molecule has 0 radical (unpaired) electrons. The number of rotatable bonds is 12. The third-order valence-corrected chi connectivity index (χ3v) is 9.06. The molecule has 278 valence electrons. The second kappa shape index (κ2) is 14.9. The number of esters is 2. The molecule has 1 amide bonds. The van der Waals surface area contributed by atoms with Crippen molar-refractivity contribution in [2.45, 2.75) is 81.2 Å². The van der Waals surface area contributed by atoms with Crippen LogP contribution >= 0.6 is 11.6 Å². The predicted octanol–water partition coefficient (Wildman–Crippen LogP) is 4.55. The largest absolute Gasteiger partial charge is 0.586 e. The van der Waals surface area contributed by atoms with Gasteiger partial charge in [-0.05, 0) is 60.1 Å². The Morgan fingerprint density at radius 1 is 1.04 bits per heavy atom. The summed E-state index contributed by atoms with van der Waals surface area (Å²) in [5.41, 5.74) is 0.0457. The van der Waals surface area contributed by atoms with Crippen LogP contribution in [0.2, 0.25) is 5.02 Å². The van der Waals surface area contributed by atoms with E-state index in [0.29, 0.717) is 18.4 Å². The van der Waals surface area contributed by atoms with Gasteiger partial charge in [-0.1, -0.05) is 43.3 Å². The molecule has 51 heavy (non-hydrogen) atoms. The Kier molecular flexibility index (Phi) is 11.2. The molecule has 5 rings (SSSR count). The van der Waals surface area contributed by atoms with Crippen LogP contribution in [0.4, 0.5) is 27.6 Å². The summed E-state index contributed by atoms with van der Waals surface area (Å²) in [6, 6.07) is 7.17. The van der Waals surface area contributed by atoms with Gasteiger partial charge in [0.25, 0.3) is 0 Å². The highest BCUT2D eigenvalue weighted by atomic mass is 35.5. The first-order valence-corrected chi connectivity index (χ1v) is 16.0. The SMILES string of the molecule is C=CCOC(=O)C1OC(OC(=O)CC(c2ccc(Cl)c(NC(=O)C(c3ccc4c(c3)OC(F)(F)O4)C(C)C(F)(F)F)c2)C2CC2)C(O)C(O)C1O. The van der Waals surface area contributed by atoms with E-state index in [0.717, 1.165) is 25.1 Å². The standard InChI is InChI=1S/C33H33ClF5NO11/c1-3-10-47-30(46)28-26(43)25(42)27(44)31(49-28)48-23(41)13-18(15-4-5-15)16-6-8-19(34)20(11-16)40-29(45)24(14(2)32(35,36)37)17-7-9-21-22(12-17)51-33(38,39)50-21/h3,6-9,11-12,14-15,18,24-28,31,42-44H,1,4-5,10,13H2,2H3,(H,40,45). The Hall–Kier alpha value is -4.03.